The first kappa shape index (κ1) is 12.2. The van der Waals surface area contributed by atoms with Gasteiger partial charge in [0.2, 0.25) is 0 Å². The zero-order valence-corrected chi connectivity index (χ0v) is 11.2. The standard InChI is InChI=1S/C15H12N4O/c1-10-3-4-12(8-13(10)20-2)15-18-17-14-7-11(9-16)5-6-19(14)15/h3-8H,1-2H3. The Morgan fingerprint density at radius 2 is 2.05 bits per heavy atom. The lowest BCUT2D eigenvalue weighted by Crippen LogP contribution is -1.92. The number of aryl methyl sites for hydroxylation is 1. The van der Waals surface area contributed by atoms with E-state index in [4.69, 9.17) is 10.00 Å². The highest BCUT2D eigenvalue weighted by atomic mass is 16.5. The van der Waals surface area contributed by atoms with Gasteiger partial charge in [0, 0.05) is 17.8 Å². The van der Waals surface area contributed by atoms with Crippen molar-refractivity contribution < 1.29 is 4.74 Å². The van der Waals surface area contributed by atoms with Crippen LogP contribution in [0.25, 0.3) is 17.0 Å². The van der Waals surface area contributed by atoms with Crippen LogP contribution in [-0.4, -0.2) is 21.7 Å². The second-order valence-corrected chi connectivity index (χ2v) is 4.46. The largest absolute Gasteiger partial charge is 0.496 e. The third-order valence-corrected chi connectivity index (χ3v) is 3.21. The molecule has 1 aromatic carbocycles. The lowest BCUT2D eigenvalue weighted by molar-refractivity contribution is 0.412. The Kier molecular flexibility index (Phi) is 2.84. The van der Waals surface area contributed by atoms with Gasteiger partial charge in [0.15, 0.2) is 11.5 Å². The number of pyridine rings is 1. The van der Waals surface area contributed by atoms with Crippen LogP contribution in [0, 0.1) is 18.3 Å². The molecule has 20 heavy (non-hydrogen) atoms. The molecule has 5 nitrogen and oxygen atoms in total. The van der Waals surface area contributed by atoms with E-state index in [0.717, 1.165) is 22.7 Å². The van der Waals surface area contributed by atoms with Crippen LogP contribution in [0.3, 0.4) is 0 Å². The van der Waals surface area contributed by atoms with Crippen LogP contribution in [0.1, 0.15) is 11.1 Å². The van der Waals surface area contributed by atoms with E-state index in [1.54, 1.807) is 25.4 Å². The van der Waals surface area contributed by atoms with Crippen molar-refractivity contribution >= 4 is 5.65 Å². The molecule has 0 N–H and O–H groups in total. The normalized spacial score (nSPS) is 10.4. The molecule has 0 saturated heterocycles. The smallest absolute Gasteiger partial charge is 0.168 e. The number of nitriles is 1. The minimum Gasteiger partial charge on any atom is -0.496 e. The average Bonchev–Trinajstić information content (AvgIpc) is 2.90. The third-order valence-electron chi connectivity index (χ3n) is 3.21. The van der Waals surface area contributed by atoms with Crippen LogP contribution in [0.5, 0.6) is 5.75 Å². The number of hydrogen-bond donors (Lipinski definition) is 0. The van der Waals surface area contributed by atoms with E-state index >= 15 is 0 Å². The van der Waals surface area contributed by atoms with Gasteiger partial charge in [0.1, 0.15) is 5.75 Å². The zero-order chi connectivity index (χ0) is 14.1. The van der Waals surface area contributed by atoms with Gasteiger partial charge in [-0.05, 0) is 24.6 Å². The molecule has 0 spiro atoms. The molecule has 2 heterocycles. The molecule has 3 rings (SSSR count). The van der Waals surface area contributed by atoms with Crippen LogP contribution in [0.15, 0.2) is 36.5 Å². The first-order valence-electron chi connectivity index (χ1n) is 6.13. The van der Waals surface area contributed by atoms with Gasteiger partial charge < -0.3 is 4.74 Å². The van der Waals surface area contributed by atoms with Gasteiger partial charge in [-0.3, -0.25) is 4.40 Å². The van der Waals surface area contributed by atoms with Gasteiger partial charge in [-0.1, -0.05) is 12.1 Å². The summed E-state index contributed by atoms with van der Waals surface area (Å²) in [5.74, 6) is 1.54. The number of benzene rings is 1. The molecule has 0 aliphatic heterocycles. The molecule has 98 valence electrons. The molecule has 0 amide bonds. The van der Waals surface area contributed by atoms with Crippen LogP contribution in [-0.2, 0) is 0 Å². The first-order valence-corrected chi connectivity index (χ1v) is 6.13. The van der Waals surface area contributed by atoms with E-state index in [0.29, 0.717) is 11.2 Å². The van der Waals surface area contributed by atoms with Gasteiger partial charge >= 0.3 is 0 Å². The molecule has 0 radical (unpaired) electrons. The van der Waals surface area contributed by atoms with Crippen LogP contribution < -0.4 is 4.74 Å². The number of hydrogen-bond acceptors (Lipinski definition) is 4. The highest BCUT2D eigenvalue weighted by molar-refractivity contribution is 5.63. The summed E-state index contributed by atoms with van der Waals surface area (Å²) in [5.41, 5.74) is 3.21. The molecule has 0 aliphatic carbocycles. The summed E-state index contributed by atoms with van der Waals surface area (Å²) in [6.45, 7) is 1.99. The Labute approximate surface area is 116 Å². The van der Waals surface area contributed by atoms with Crippen LogP contribution >= 0.6 is 0 Å². The topological polar surface area (TPSA) is 63.2 Å². The third kappa shape index (κ3) is 1.88. The average molecular weight is 264 g/mol. The van der Waals surface area contributed by atoms with Crippen molar-refractivity contribution in [3.05, 3.63) is 47.7 Å². The molecule has 2 aromatic heterocycles. The van der Waals surface area contributed by atoms with Crippen molar-refractivity contribution in [2.75, 3.05) is 7.11 Å². The molecule has 0 unspecified atom stereocenters. The maximum atomic E-state index is 8.90. The summed E-state index contributed by atoms with van der Waals surface area (Å²) in [5, 5.41) is 17.2. The van der Waals surface area contributed by atoms with Gasteiger partial charge in [-0.2, -0.15) is 5.26 Å². The summed E-state index contributed by atoms with van der Waals surface area (Å²) in [6.07, 6.45) is 1.80. The fourth-order valence-corrected chi connectivity index (χ4v) is 2.12. The van der Waals surface area contributed by atoms with E-state index < -0.39 is 0 Å². The van der Waals surface area contributed by atoms with Crippen molar-refractivity contribution in [2.45, 2.75) is 6.92 Å². The zero-order valence-electron chi connectivity index (χ0n) is 11.2. The molecule has 5 heteroatoms. The SMILES string of the molecule is COc1cc(-c2nnc3cc(C#N)ccn23)ccc1C. The fourth-order valence-electron chi connectivity index (χ4n) is 2.12. The highest BCUT2D eigenvalue weighted by Gasteiger charge is 2.10. The van der Waals surface area contributed by atoms with E-state index in [-0.39, 0.29) is 0 Å². The summed E-state index contributed by atoms with van der Waals surface area (Å²) in [4.78, 5) is 0. The highest BCUT2D eigenvalue weighted by Crippen LogP contribution is 2.26. The Morgan fingerprint density at radius 1 is 1.20 bits per heavy atom. The van der Waals surface area contributed by atoms with Gasteiger partial charge in [0.05, 0.1) is 18.7 Å². The van der Waals surface area contributed by atoms with Crippen molar-refractivity contribution in [1.29, 1.82) is 5.26 Å². The summed E-state index contributed by atoms with van der Waals surface area (Å²) in [7, 11) is 1.65. The van der Waals surface area contributed by atoms with Crippen molar-refractivity contribution in [3.63, 3.8) is 0 Å². The molecular formula is C15H12N4O. The lowest BCUT2D eigenvalue weighted by Gasteiger charge is -2.06. The van der Waals surface area contributed by atoms with Crippen molar-refractivity contribution in [1.82, 2.24) is 14.6 Å². The van der Waals surface area contributed by atoms with Crippen LogP contribution in [0.4, 0.5) is 0 Å². The van der Waals surface area contributed by atoms with Crippen molar-refractivity contribution in [3.8, 4) is 23.2 Å². The lowest BCUT2D eigenvalue weighted by atomic mass is 10.1. The monoisotopic (exact) mass is 264 g/mol. The second kappa shape index (κ2) is 4.67. The maximum absolute atomic E-state index is 8.90. The fraction of sp³-hybridized carbons (Fsp3) is 0.133. The predicted molar refractivity (Wildman–Crippen MR) is 74.4 cm³/mol. The molecule has 0 bridgehead atoms. The Bertz CT molecular complexity index is 829. The Hall–Kier alpha value is -2.87. The quantitative estimate of drug-likeness (QED) is 0.713. The Balaban J connectivity index is 2.18. The number of methoxy groups -OCH3 is 1. The van der Waals surface area contributed by atoms with Gasteiger partial charge in [-0.15, -0.1) is 10.2 Å². The molecule has 0 saturated carbocycles. The molecular weight excluding hydrogens is 252 g/mol. The number of rotatable bonds is 2. The second-order valence-electron chi connectivity index (χ2n) is 4.46. The van der Waals surface area contributed by atoms with Gasteiger partial charge in [-0.25, -0.2) is 0 Å². The minimum absolute atomic E-state index is 0.568. The van der Waals surface area contributed by atoms with E-state index in [1.807, 2.05) is 29.5 Å². The number of fused-ring (bicyclic) bond motifs is 1. The van der Waals surface area contributed by atoms with E-state index in [9.17, 15) is 0 Å². The predicted octanol–water partition coefficient (Wildman–Crippen LogP) is 2.59. The molecule has 3 aromatic rings. The van der Waals surface area contributed by atoms with Crippen molar-refractivity contribution in [2.24, 2.45) is 0 Å². The Morgan fingerprint density at radius 3 is 2.80 bits per heavy atom. The summed E-state index contributed by atoms with van der Waals surface area (Å²) in [6, 6.07) is 11.4. The summed E-state index contributed by atoms with van der Waals surface area (Å²) >= 11 is 0. The minimum atomic E-state index is 0.568. The first-order chi connectivity index (χ1) is 9.72. The number of ether oxygens (including phenoxy) is 1. The molecule has 0 fully saturated rings. The van der Waals surface area contributed by atoms with Crippen LogP contribution in [0.2, 0.25) is 0 Å². The van der Waals surface area contributed by atoms with E-state index in [1.165, 1.54) is 0 Å². The maximum Gasteiger partial charge on any atom is 0.168 e. The van der Waals surface area contributed by atoms with Gasteiger partial charge in [0.25, 0.3) is 0 Å². The number of nitrogens with zero attached hydrogens (tertiary/aromatic N) is 4. The molecule has 0 atom stereocenters. The van der Waals surface area contributed by atoms with E-state index in [2.05, 4.69) is 16.3 Å². The summed E-state index contributed by atoms with van der Waals surface area (Å²) < 4.78 is 7.18. The molecule has 0 aliphatic rings. The number of aromatic nitrogens is 3.